The van der Waals surface area contributed by atoms with Crippen LogP contribution < -0.4 is 10.5 Å². The maximum Gasteiger partial charge on any atom is 0.267 e. The normalized spacial score (nSPS) is 17.7. The van der Waals surface area contributed by atoms with E-state index in [0.717, 1.165) is 5.56 Å². The minimum Gasteiger partial charge on any atom is -0.336 e. The average molecular weight is 358 g/mol. The summed E-state index contributed by atoms with van der Waals surface area (Å²) in [7, 11) is 1.57. The van der Waals surface area contributed by atoms with Crippen LogP contribution in [0.3, 0.4) is 0 Å². The lowest BCUT2D eigenvalue weighted by Gasteiger charge is -2.20. The fraction of sp³-hybridized carbons (Fsp3) is 0.429. The van der Waals surface area contributed by atoms with Crippen LogP contribution in [0.15, 0.2) is 21.4 Å². The lowest BCUT2D eigenvalue weighted by molar-refractivity contribution is 0.0256. The SMILES string of the molecule is Cc1cc(Br)c2nc(N3CCC(F)(F)C3)n(C)c(=O)c2c1. The molecule has 2 aromatic rings. The second-order valence-electron chi connectivity index (χ2n) is 5.45. The van der Waals surface area contributed by atoms with Gasteiger partial charge in [0, 0.05) is 24.5 Å². The Labute approximate surface area is 128 Å². The molecule has 21 heavy (non-hydrogen) atoms. The molecule has 0 atom stereocenters. The number of alkyl halides is 2. The fourth-order valence-electron chi connectivity index (χ4n) is 2.65. The summed E-state index contributed by atoms with van der Waals surface area (Å²) >= 11 is 3.39. The third kappa shape index (κ3) is 2.43. The molecule has 1 fully saturated rings. The van der Waals surface area contributed by atoms with Gasteiger partial charge in [-0.3, -0.25) is 9.36 Å². The van der Waals surface area contributed by atoms with Gasteiger partial charge in [0.25, 0.3) is 11.5 Å². The Morgan fingerprint density at radius 3 is 2.71 bits per heavy atom. The Kier molecular flexibility index (Phi) is 3.27. The zero-order valence-corrected chi connectivity index (χ0v) is 13.2. The summed E-state index contributed by atoms with van der Waals surface area (Å²) in [6, 6.07) is 3.62. The molecular formula is C14H14BrF2N3O. The first-order valence-corrected chi connectivity index (χ1v) is 7.37. The standard InChI is InChI=1S/C14H14BrF2N3O/c1-8-5-9-11(10(15)6-8)18-13(19(2)12(9)21)20-4-3-14(16,17)7-20/h5-6H,3-4,7H2,1-2H3. The van der Waals surface area contributed by atoms with Gasteiger partial charge >= 0.3 is 0 Å². The molecule has 1 aliphatic rings. The van der Waals surface area contributed by atoms with E-state index in [2.05, 4.69) is 20.9 Å². The number of anilines is 1. The molecule has 4 nitrogen and oxygen atoms in total. The van der Waals surface area contributed by atoms with Gasteiger partial charge in [-0.1, -0.05) is 0 Å². The van der Waals surface area contributed by atoms with Gasteiger partial charge < -0.3 is 4.90 Å². The van der Waals surface area contributed by atoms with Crippen molar-refractivity contribution in [1.29, 1.82) is 0 Å². The molecule has 0 aliphatic carbocycles. The van der Waals surface area contributed by atoms with Crippen molar-refractivity contribution >= 4 is 32.8 Å². The molecule has 1 aliphatic heterocycles. The number of rotatable bonds is 1. The van der Waals surface area contributed by atoms with Gasteiger partial charge in [-0.15, -0.1) is 0 Å². The molecule has 0 amide bonds. The molecule has 1 aromatic carbocycles. The minimum absolute atomic E-state index is 0.197. The van der Waals surface area contributed by atoms with Crippen LogP contribution in [0.5, 0.6) is 0 Å². The molecule has 112 valence electrons. The van der Waals surface area contributed by atoms with E-state index in [9.17, 15) is 13.6 Å². The number of benzene rings is 1. The lowest BCUT2D eigenvalue weighted by atomic mass is 10.2. The summed E-state index contributed by atoms with van der Waals surface area (Å²) in [6.45, 7) is 1.68. The van der Waals surface area contributed by atoms with E-state index in [-0.39, 0.29) is 24.5 Å². The Balaban J connectivity index is 2.22. The van der Waals surface area contributed by atoms with Crippen LogP contribution in [0.25, 0.3) is 10.9 Å². The Morgan fingerprint density at radius 2 is 2.10 bits per heavy atom. The lowest BCUT2D eigenvalue weighted by Crippen LogP contribution is -2.32. The van der Waals surface area contributed by atoms with Crippen molar-refractivity contribution in [3.8, 4) is 0 Å². The van der Waals surface area contributed by atoms with Gasteiger partial charge in [-0.05, 0) is 40.5 Å². The van der Waals surface area contributed by atoms with E-state index in [0.29, 0.717) is 15.4 Å². The zero-order valence-electron chi connectivity index (χ0n) is 11.7. The molecule has 0 unspecified atom stereocenters. The number of nitrogens with zero attached hydrogens (tertiary/aromatic N) is 3. The Hall–Kier alpha value is -1.50. The van der Waals surface area contributed by atoms with Crippen molar-refractivity contribution in [1.82, 2.24) is 9.55 Å². The molecule has 0 N–H and O–H groups in total. The first kappa shape index (κ1) is 14.4. The molecule has 1 aromatic heterocycles. The zero-order chi connectivity index (χ0) is 15.4. The first-order valence-electron chi connectivity index (χ1n) is 6.58. The molecular weight excluding hydrogens is 344 g/mol. The number of aromatic nitrogens is 2. The molecule has 0 saturated carbocycles. The second-order valence-corrected chi connectivity index (χ2v) is 6.30. The van der Waals surface area contributed by atoms with E-state index in [1.807, 2.05) is 13.0 Å². The number of aryl methyl sites for hydroxylation is 1. The quantitative estimate of drug-likeness (QED) is 0.787. The summed E-state index contributed by atoms with van der Waals surface area (Å²) in [4.78, 5) is 18.4. The third-order valence-corrected chi connectivity index (χ3v) is 4.31. The van der Waals surface area contributed by atoms with E-state index in [4.69, 9.17) is 0 Å². The van der Waals surface area contributed by atoms with Gasteiger partial charge in [0.15, 0.2) is 0 Å². The summed E-state index contributed by atoms with van der Waals surface area (Å²) in [5.41, 5.74) is 1.22. The maximum atomic E-state index is 13.4. The van der Waals surface area contributed by atoms with Crippen LogP contribution in [0.1, 0.15) is 12.0 Å². The molecule has 0 spiro atoms. The van der Waals surface area contributed by atoms with Crippen LogP contribution in [-0.2, 0) is 7.05 Å². The summed E-state index contributed by atoms with van der Waals surface area (Å²) in [6.07, 6.45) is -0.212. The molecule has 0 bridgehead atoms. The van der Waals surface area contributed by atoms with Crippen molar-refractivity contribution < 1.29 is 8.78 Å². The Morgan fingerprint density at radius 1 is 1.38 bits per heavy atom. The highest BCUT2D eigenvalue weighted by atomic mass is 79.9. The largest absolute Gasteiger partial charge is 0.336 e. The van der Waals surface area contributed by atoms with Gasteiger partial charge in [-0.2, -0.15) is 0 Å². The van der Waals surface area contributed by atoms with Crippen molar-refractivity contribution in [2.45, 2.75) is 19.3 Å². The van der Waals surface area contributed by atoms with Crippen LogP contribution in [-0.4, -0.2) is 28.6 Å². The molecule has 2 heterocycles. The van der Waals surface area contributed by atoms with Crippen LogP contribution >= 0.6 is 15.9 Å². The topological polar surface area (TPSA) is 38.1 Å². The monoisotopic (exact) mass is 357 g/mol. The predicted octanol–water partition coefficient (Wildman–Crippen LogP) is 2.85. The third-order valence-electron chi connectivity index (χ3n) is 3.71. The van der Waals surface area contributed by atoms with Gasteiger partial charge in [0.2, 0.25) is 5.95 Å². The second kappa shape index (κ2) is 4.76. The molecule has 1 saturated heterocycles. The van der Waals surface area contributed by atoms with Gasteiger partial charge in [-0.25, -0.2) is 13.8 Å². The van der Waals surface area contributed by atoms with Crippen LogP contribution in [0.2, 0.25) is 0 Å². The van der Waals surface area contributed by atoms with Crippen molar-refractivity contribution in [2.24, 2.45) is 7.05 Å². The van der Waals surface area contributed by atoms with Crippen LogP contribution in [0.4, 0.5) is 14.7 Å². The highest BCUT2D eigenvalue weighted by Crippen LogP contribution is 2.31. The highest BCUT2D eigenvalue weighted by molar-refractivity contribution is 9.10. The van der Waals surface area contributed by atoms with Crippen molar-refractivity contribution in [3.05, 3.63) is 32.5 Å². The van der Waals surface area contributed by atoms with Crippen molar-refractivity contribution in [2.75, 3.05) is 18.0 Å². The number of fused-ring (bicyclic) bond motifs is 1. The van der Waals surface area contributed by atoms with Gasteiger partial charge in [0.05, 0.1) is 17.4 Å². The summed E-state index contributed by atoms with van der Waals surface area (Å²) in [5, 5.41) is 0.485. The summed E-state index contributed by atoms with van der Waals surface area (Å²) in [5.74, 6) is -2.44. The highest BCUT2D eigenvalue weighted by Gasteiger charge is 2.39. The molecule has 0 radical (unpaired) electrons. The minimum atomic E-state index is -2.73. The summed E-state index contributed by atoms with van der Waals surface area (Å²) < 4.78 is 28.8. The van der Waals surface area contributed by atoms with E-state index >= 15 is 0 Å². The number of halogens is 3. The Bertz CT molecular complexity index is 788. The predicted molar refractivity (Wildman–Crippen MR) is 81.2 cm³/mol. The van der Waals surface area contributed by atoms with E-state index < -0.39 is 12.5 Å². The number of hydrogen-bond donors (Lipinski definition) is 0. The maximum absolute atomic E-state index is 13.4. The molecule has 7 heteroatoms. The first-order chi connectivity index (χ1) is 9.78. The average Bonchev–Trinajstić information content (AvgIpc) is 2.74. The smallest absolute Gasteiger partial charge is 0.267 e. The van der Waals surface area contributed by atoms with Crippen LogP contribution in [0, 0.1) is 6.92 Å². The fourth-order valence-corrected chi connectivity index (χ4v) is 3.31. The molecule has 3 rings (SSSR count). The van der Waals surface area contributed by atoms with Crippen molar-refractivity contribution in [3.63, 3.8) is 0 Å². The van der Waals surface area contributed by atoms with E-state index in [1.54, 1.807) is 13.1 Å². The number of hydrogen-bond acceptors (Lipinski definition) is 3. The van der Waals surface area contributed by atoms with Gasteiger partial charge in [0.1, 0.15) is 0 Å². The van der Waals surface area contributed by atoms with E-state index in [1.165, 1.54) is 9.47 Å².